The van der Waals surface area contributed by atoms with Crippen molar-refractivity contribution in [1.29, 1.82) is 0 Å². The Hall–Kier alpha value is -0.860. The first-order chi connectivity index (χ1) is 4.22. The predicted octanol–water partition coefficient (Wildman–Crippen LogP) is 0.295. The third-order valence-corrected chi connectivity index (χ3v) is 0.817. The molecule has 0 rings (SSSR count). The molecule has 0 aliphatic rings. The molecule has 3 nitrogen and oxygen atoms in total. The monoisotopic (exact) mass is 129 g/mol. The summed E-state index contributed by atoms with van der Waals surface area (Å²) in [5.74, 6) is -1.25. The molecule has 0 bridgehead atoms. The summed E-state index contributed by atoms with van der Waals surface area (Å²) in [6.45, 7) is 3.45. The Morgan fingerprint density at radius 1 is 1.78 bits per heavy atom. The van der Waals surface area contributed by atoms with Crippen molar-refractivity contribution in [1.82, 2.24) is 0 Å². The lowest BCUT2D eigenvalue weighted by Crippen LogP contribution is -2.15. The van der Waals surface area contributed by atoms with E-state index in [0.29, 0.717) is 6.61 Å². The average Bonchev–Trinajstić information content (AvgIpc) is 1.87. The Morgan fingerprint density at radius 2 is 2.33 bits per heavy atom. The highest BCUT2D eigenvalue weighted by Gasteiger charge is 2.12. The molecule has 0 amide bonds. The fraction of sp³-hybridized carbons (Fsp3) is 0.667. The summed E-state index contributed by atoms with van der Waals surface area (Å²) in [5.41, 5.74) is 0. The van der Waals surface area contributed by atoms with Gasteiger partial charge in [-0.1, -0.05) is 0 Å². The zero-order valence-electron chi connectivity index (χ0n) is 5.51. The predicted molar refractivity (Wildman–Crippen MR) is 31.5 cm³/mol. The number of hydrogen-bond donors (Lipinski definition) is 0. The highest BCUT2D eigenvalue weighted by molar-refractivity contribution is 5.87. The van der Waals surface area contributed by atoms with Crippen LogP contribution >= 0.6 is 0 Å². The molecule has 0 spiro atoms. The minimum absolute atomic E-state index is 0.310. The smallest absolute Gasteiger partial charge is 0.316 e. The van der Waals surface area contributed by atoms with E-state index in [0.717, 1.165) is 0 Å². The Bertz CT molecular complexity index is 109. The summed E-state index contributed by atoms with van der Waals surface area (Å²) in [5, 5.41) is 0. The summed E-state index contributed by atoms with van der Waals surface area (Å²) in [4.78, 5) is 20.3. The molecule has 0 saturated heterocycles. The number of rotatable bonds is 3. The van der Waals surface area contributed by atoms with Gasteiger partial charge in [0.15, 0.2) is 0 Å². The fourth-order valence-electron chi connectivity index (χ4n) is 0.315. The van der Waals surface area contributed by atoms with Crippen molar-refractivity contribution in [3.8, 4) is 0 Å². The third-order valence-electron chi connectivity index (χ3n) is 0.817. The third kappa shape index (κ3) is 2.85. The first-order valence-electron chi connectivity index (χ1n) is 2.76. The van der Waals surface area contributed by atoms with Crippen LogP contribution in [0.15, 0.2) is 0 Å². The standard InChI is InChI=1S/C6H9O3/c1-3-9-6(8)5(2)4-7/h5H,3H2,1-2H3. The van der Waals surface area contributed by atoms with Crippen LogP contribution in [0.1, 0.15) is 13.8 Å². The number of carbonyl (C=O) groups is 1. The van der Waals surface area contributed by atoms with E-state index in [9.17, 15) is 9.59 Å². The van der Waals surface area contributed by atoms with Gasteiger partial charge in [0.05, 0.1) is 6.61 Å². The second-order valence-electron chi connectivity index (χ2n) is 1.59. The van der Waals surface area contributed by atoms with Crippen LogP contribution in [0.2, 0.25) is 0 Å². The normalized spacial score (nSPS) is 12.2. The summed E-state index contributed by atoms with van der Waals surface area (Å²) in [6.07, 6.45) is 1.52. The van der Waals surface area contributed by atoms with Gasteiger partial charge in [-0.25, -0.2) is 0 Å². The molecule has 0 aliphatic heterocycles. The minimum Gasteiger partial charge on any atom is -0.465 e. The van der Waals surface area contributed by atoms with Gasteiger partial charge < -0.3 is 4.74 Å². The molecule has 0 aromatic carbocycles. The van der Waals surface area contributed by atoms with E-state index >= 15 is 0 Å². The number of carbonyl (C=O) groups excluding carboxylic acids is 2. The maximum Gasteiger partial charge on any atom is 0.316 e. The van der Waals surface area contributed by atoms with Crippen molar-refractivity contribution in [2.75, 3.05) is 6.61 Å². The average molecular weight is 129 g/mol. The van der Waals surface area contributed by atoms with Crippen LogP contribution in [0.4, 0.5) is 0 Å². The van der Waals surface area contributed by atoms with Crippen molar-refractivity contribution < 1.29 is 14.3 Å². The van der Waals surface area contributed by atoms with E-state index in [1.54, 1.807) is 6.92 Å². The van der Waals surface area contributed by atoms with Crippen LogP contribution in [-0.2, 0) is 14.3 Å². The molecule has 0 N–H and O–H groups in total. The van der Waals surface area contributed by atoms with Crippen molar-refractivity contribution in [2.45, 2.75) is 13.8 Å². The van der Waals surface area contributed by atoms with Gasteiger partial charge in [0, 0.05) is 0 Å². The molecule has 0 saturated carbocycles. The van der Waals surface area contributed by atoms with Crippen LogP contribution in [0.5, 0.6) is 0 Å². The molecule has 0 heterocycles. The Balaban J connectivity index is 3.58. The topological polar surface area (TPSA) is 43.4 Å². The second-order valence-corrected chi connectivity index (χ2v) is 1.59. The van der Waals surface area contributed by atoms with Gasteiger partial charge in [0.25, 0.3) is 0 Å². The number of hydrogen-bond acceptors (Lipinski definition) is 3. The zero-order valence-corrected chi connectivity index (χ0v) is 5.51. The van der Waals surface area contributed by atoms with Crippen LogP contribution in [0.25, 0.3) is 0 Å². The SMILES string of the molecule is CCOC(=O)C(C)[C]=O. The van der Waals surface area contributed by atoms with Crippen molar-refractivity contribution in [3.63, 3.8) is 0 Å². The van der Waals surface area contributed by atoms with Crippen LogP contribution in [0, 0.1) is 5.92 Å². The first kappa shape index (κ1) is 8.14. The van der Waals surface area contributed by atoms with Crippen LogP contribution < -0.4 is 0 Å². The lowest BCUT2D eigenvalue weighted by Gasteiger charge is -2.00. The molecule has 0 fully saturated rings. The maximum atomic E-state index is 10.5. The molecule has 0 aromatic heterocycles. The van der Waals surface area contributed by atoms with Gasteiger partial charge in [0.2, 0.25) is 6.29 Å². The van der Waals surface area contributed by atoms with E-state index < -0.39 is 11.9 Å². The van der Waals surface area contributed by atoms with E-state index in [1.165, 1.54) is 13.2 Å². The lowest BCUT2D eigenvalue weighted by atomic mass is 10.2. The minimum atomic E-state index is -0.745. The maximum absolute atomic E-state index is 10.5. The summed E-state index contributed by atoms with van der Waals surface area (Å²) in [7, 11) is 0. The summed E-state index contributed by atoms with van der Waals surface area (Å²) < 4.78 is 4.49. The van der Waals surface area contributed by atoms with Crippen LogP contribution in [-0.4, -0.2) is 18.9 Å². The number of ether oxygens (including phenoxy) is 1. The van der Waals surface area contributed by atoms with Crippen molar-refractivity contribution in [3.05, 3.63) is 0 Å². The van der Waals surface area contributed by atoms with Gasteiger partial charge >= 0.3 is 5.97 Å². The van der Waals surface area contributed by atoms with Crippen molar-refractivity contribution >= 4 is 12.3 Å². The first-order valence-corrected chi connectivity index (χ1v) is 2.76. The molecule has 0 aromatic rings. The molecule has 9 heavy (non-hydrogen) atoms. The van der Waals surface area contributed by atoms with E-state index in [-0.39, 0.29) is 0 Å². The highest BCUT2D eigenvalue weighted by atomic mass is 16.5. The Labute approximate surface area is 54.0 Å². The fourth-order valence-corrected chi connectivity index (χ4v) is 0.315. The molecular weight excluding hydrogens is 120 g/mol. The molecule has 1 radical (unpaired) electrons. The van der Waals surface area contributed by atoms with Gasteiger partial charge in [-0.05, 0) is 13.8 Å². The van der Waals surface area contributed by atoms with E-state index in [1.807, 2.05) is 0 Å². The quantitative estimate of drug-likeness (QED) is 0.406. The van der Waals surface area contributed by atoms with Gasteiger partial charge in [-0.15, -0.1) is 0 Å². The zero-order chi connectivity index (χ0) is 7.28. The Morgan fingerprint density at radius 3 is 2.67 bits per heavy atom. The summed E-state index contributed by atoms with van der Waals surface area (Å²) >= 11 is 0. The van der Waals surface area contributed by atoms with E-state index in [2.05, 4.69) is 4.74 Å². The van der Waals surface area contributed by atoms with Gasteiger partial charge in [-0.3, -0.25) is 9.59 Å². The van der Waals surface area contributed by atoms with Crippen LogP contribution in [0.3, 0.4) is 0 Å². The number of esters is 1. The van der Waals surface area contributed by atoms with Gasteiger partial charge in [-0.2, -0.15) is 0 Å². The Kier molecular flexibility index (Phi) is 3.67. The van der Waals surface area contributed by atoms with Crippen molar-refractivity contribution in [2.24, 2.45) is 5.92 Å². The van der Waals surface area contributed by atoms with E-state index in [4.69, 9.17) is 0 Å². The largest absolute Gasteiger partial charge is 0.465 e. The molecule has 1 atom stereocenters. The highest BCUT2D eigenvalue weighted by Crippen LogP contribution is 1.92. The molecule has 1 unspecified atom stereocenters. The summed E-state index contributed by atoms with van der Waals surface area (Å²) in [6, 6.07) is 0. The molecular formula is C6H9O3. The lowest BCUT2D eigenvalue weighted by molar-refractivity contribution is -0.145. The molecule has 3 heteroatoms. The second kappa shape index (κ2) is 4.06. The molecule has 0 aliphatic carbocycles. The molecule has 51 valence electrons. The van der Waals surface area contributed by atoms with Gasteiger partial charge in [0.1, 0.15) is 5.92 Å².